The summed E-state index contributed by atoms with van der Waals surface area (Å²) in [7, 11) is -2.19. The Hall–Kier alpha value is -3.00. The van der Waals surface area contributed by atoms with Crippen LogP contribution < -0.4 is 10.1 Å². The van der Waals surface area contributed by atoms with Crippen molar-refractivity contribution in [3.8, 4) is 5.75 Å². The second-order valence-electron chi connectivity index (χ2n) is 13.4. The van der Waals surface area contributed by atoms with Crippen molar-refractivity contribution in [2.75, 3.05) is 33.0 Å². The van der Waals surface area contributed by atoms with Crippen LogP contribution in [0.5, 0.6) is 5.75 Å². The van der Waals surface area contributed by atoms with Gasteiger partial charge in [0.25, 0.3) is 0 Å². The zero-order valence-electron chi connectivity index (χ0n) is 26.3. The second kappa shape index (κ2) is 12.5. The molecule has 2 fully saturated rings. The van der Waals surface area contributed by atoms with Crippen molar-refractivity contribution in [3.63, 3.8) is 0 Å². The van der Waals surface area contributed by atoms with E-state index in [0.717, 1.165) is 23.3 Å². The molecular formula is C29H44F2N4O7S. The molecule has 0 saturated carbocycles. The van der Waals surface area contributed by atoms with E-state index in [0.29, 0.717) is 6.42 Å². The molecule has 1 aromatic carbocycles. The first-order chi connectivity index (χ1) is 19.6. The lowest BCUT2D eigenvalue weighted by molar-refractivity contribution is -0.141. The van der Waals surface area contributed by atoms with Gasteiger partial charge in [-0.3, -0.25) is 14.5 Å². The summed E-state index contributed by atoms with van der Waals surface area (Å²) in [5, 5.41) is 2.82. The number of benzene rings is 1. The third kappa shape index (κ3) is 8.14. The van der Waals surface area contributed by atoms with Crippen molar-refractivity contribution in [1.29, 1.82) is 0 Å². The van der Waals surface area contributed by atoms with Gasteiger partial charge in [0.2, 0.25) is 21.8 Å². The molecule has 11 nitrogen and oxygen atoms in total. The van der Waals surface area contributed by atoms with Gasteiger partial charge in [0, 0.05) is 38.2 Å². The normalized spacial score (nSPS) is 22.5. The number of amides is 3. The number of likely N-dealkylation sites (tertiary alicyclic amines) is 1. The summed E-state index contributed by atoms with van der Waals surface area (Å²) in [4.78, 5) is 42.8. The Morgan fingerprint density at radius 2 is 1.74 bits per heavy atom. The molecule has 0 aliphatic carbocycles. The Balaban J connectivity index is 1.83. The molecule has 2 saturated heterocycles. The average molecular weight is 631 g/mol. The fourth-order valence-electron chi connectivity index (χ4n) is 5.46. The summed E-state index contributed by atoms with van der Waals surface area (Å²) < 4.78 is 64.9. The first-order valence-electron chi connectivity index (χ1n) is 14.2. The van der Waals surface area contributed by atoms with E-state index < -0.39 is 80.7 Å². The van der Waals surface area contributed by atoms with Crippen LogP contribution in [0.4, 0.5) is 13.6 Å². The van der Waals surface area contributed by atoms with Crippen molar-refractivity contribution < 1.29 is 41.1 Å². The van der Waals surface area contributed by atoms with Gasteiger partial charge in [-0.05, 0) is 51.7 Å². The number of sulfonamides is 1. The van der Waals surface area contributed by atoms with E-state index in [4.69, 9.17) is 9.47 Å². The molecule has 5 unspecified atom stereocenters. The number of likely N-dealkylation sites (N-methyl/N-ethyl adjacent to an activating group) is 1. The van der Waals surface area contributed by atoms with Gasteiger partial charge < -0.3 is 19.7 Å². The number of rotatable bonds is 8. The highest BCUT2D eigenvalue weighted by Gasteiger charge is 2.54. The van der Waals surface area contributed by atoms with Gasteiger partial charge in [0.1, 0.15) is 23.4 Å². The minimum atomic E-state index is -3.63. The molecule has 3 amide bonds. The van der Waals surface area contributed by atoms with E-state index in [-0.39, 0.29) is 25.4 Å². The fraction of sp³-hybridized carbons (Fsp3) is 0.690. The van der Waals surface area contributed by atoms with Crippen LogP contribution in [0.15, 0.2) is 18.2 Å². The molecule has 0 aromatic heterocycles. The molecule has 1 aromatic rings. The first kappa shape index (κ1) is 34.5. The molecular weight excluding hydrogens is 586 g/mol. The summed E-state index contributed by atoms with van der Waals surface area (Å²) in [6.07, 6.45) is 0.800. The maximum absolute atomic E-state index is 14.1. The van der Waals surface area contributed by atoms with Crippen molar-refractivity contribution in [2.24, 2.45) is 11.3 Å². The van der Waals surface area contributed by atoms with Gasteiger partial charge in [0.05, 0.1) is 18.9 Å². The van der Waals surface area contributed by atoms with E-state index in [2.05, 4.69) is 5.32 Å². The number of fused-ring (bicyclic) bond motifs is 1. The van der Waals surface area contributed by atoms with Gasteiger partial charge in [-0.1, -0.05) is 20.8 Å². The molecule has 14 heteroatoms. The number of nitrogens with one attached hydrogen (secondary N) is 1. The monoisotopic (exact) mass is 630 g/mol. The molecule has 0 spiro atoms. The zero-order chi connectivity index (χ0) is 32.7. The molecule has 2 heterocycles. The SMILES string of the molecule is CC(C(=O)NC(C(=O)N1CCC2C1C(COc1ccc(F)c(F)c1)CN2S(C)(=O)=O)C(C)(C)C)N(C)C(=O)OC(C)(C)C. The Labute approximate surface area is 252 Å². The highest BCUT2D eigenvalue weighted by Crippen LogP contribution is 2.39. The number of carbonyl (C=O) groups excluding carboxylic acids is 3. The van der Waals surface area contributed by atoms with Gasteiger partial charge in [-0.2, -0.15) is 4.31 Å². The third-order valence-electron chi connectivity index (χ3n) is 7.79. The predicted molar refractivity (Wildman–Crippen MR) is 156 cm³/mol. The maximum atomic E-state index is 14.1. The van der Waals surface area contributed by atoms with Gasteiger partial charge in [-0.15, -0.1) is 0 Å². The second-order valence-corrected chi connectivity index (χ2v) is 15.4. The van der Waals surface area contributed by atoms with Crippen LogP contribution in [0, 0.1) is 23.0 Å². The Bertz CT molecular complexity index is 1330. The van der Waals surface area contributed by atoms with E-state index >= 15 is 0 Å². The molecule has 2 aliphatic heterocycles. The van der Waals surface area contributed by atoms with Crippen LogP contribution in [0.2, 0.25) is 0 Å². The number of nitrogens with zero attached hydrogens (tertiary/aromatic N) is 3. The number of carbonyl (C=O) groups is 3. The van der Waals surface area contributed by atoms with Gasteiger partial charge >= 0.3 is 6.09 Å². The highest BCUT2D eigenvalue weighted by molar-refractivity contribution is 7.88. The summed E-state index contributed by atoms with van der Waals surface area (Å²) in [6.45, 7) is 12.3. The van der Waals surface area contributed by atoms with Crippen molar-refractivity contribution in [2.45, 2.75) is 84.7 Å². The summed E-state index contributed by atoms with van der Waals surface area (Å²) in [5.74, 6) is -3.45. The largest absolute Gasteiger partial charge is 0.493 e. The average Bonchev–Trinajstić information content (AvgIpc) is 3.45. The minimum Gasteiger partial charge on any atom is -0.493 e. The number of halogens is 2. The van der Waals surface area contributed by atoms with Crippen molar-refractivity contribution in [3.05, 3.63) is 29.8 Å². The first-order valence-corrected chi connectivity index (χ1v) is 16.1. The maximum Gasteiger partial charge on any atom is 0.410 e. The molecule has 2 aliphatic rings. The summed E-state index contributed by atoms with van der Waals surface area (Å²) >= 11 is 0. The Morgan fingerprint density at radius 1 is 1.12 bits per heavy atom. The lowest BCUT2D eigenvalue weighted by Crippen LogP contribution is -2.60. The van der Waals surface area contributed by atoms with Gasteiger partial charge in [-0.25, -0.2) is 22.0 Å². The van der Waals surface area contributed by atoms with Crippen LogP contribution >= 0.6 is 0 Å². The number of ether oxygens (including phenoxy) is 2. The smallest absolute Gasteiger partial charge is 0.410 e. The van der Waals surface area contributed by atoms with Crippen molar-refractivity contribution >= 4 is 27.9 Å². The number of hydrogen-bond donors (Lipinski definition) is 1. The zero-order valence-corrected chi connectivity index (χ0v) is 27.1. The van der Waals surface area contributed by atoms with Gasteiger partial charge in [0.15, 0.2) is 11.6 Å². The van der Waals surface area contributed by atoms with Crippen molar-refractivity contribution in [1.82, 2.24) is 19.4 Å². The fourth-order valence-corrected chi connectivity index (χ4v) is 6.65. The van der Waals surface area contributed by atoms with Crippen LogP contribution in [0.25, 0.3) is 0 Å². The molecule has 242 valence electrons. The molecule has 0 radical (unpaired) electrons. The van der Waals surface area contributed by atoms with Crippen LogP contribution in [0.3, 0.4) is 0 Å². The lowest BCUT2D eigenvalue weighted by atomic mass is 9.85. The van der Waals surface area contributed by atoms with Crippen LogP contribution in [-0.4, -0.2) is 103 Å². The summed E-state index contributed by atoms with van der Waals surface area (Å²) in [6, 6.07) is 0.0820. The van der Waals surface area contributed by atoms with E-state index in [1.807, 2.05) is 0 Å². The highest BCUT2D eigenvalue weighted by atomic mass is 32.2. The predicted octanol–water partition coefficient (Wildman–Crippen LogP) is 2.99. The molecule has 43 heavy (non-hydrogen) atoms. The van der Waals surface area contributed by atoms with E-state index in [9.17, 15) is 31.6 Å². The topological polar surface area (TPSA) is 126 Å². The minimum absolute atomic E-state index is 0.0493. The Kier molecular flexibility index (Phi) is 10.1. The van der Waals surface area contributed by atoms with Crippen LogP contribution in [-0.2, 0) is 24.3 Å². The van der Waals surface area contributed by atoms with E-state index in [1.165, 1.54) is 24.3 Å². The lowest BCUT2D eigenvalue weighted by Gasteiger charge is -2.38. The molecule has 3 rings (SSSR count). The molecule has 1 N–H and O–H groups in total. The Morgan fingerprint density at radius 3 is 2.28 bits per heavy atom. The third-order valence-corrected chi connectivity index (χ3v) is 9.06. The molecule has 0 bridgehead atoms. The quantitative estimate of drug-likeness (QED) is 0.468. The summed E-state index contributed by atoms with van der Waals surface area (Å²) in [5.41, 5.74) is -1.51. The van der Waals surface area contributed by atoms with E-state index in [1.54, 1.807) is 46.4 Å². The molecule has 5 atom stereocenters. The van der Waals surface area contributed by atoms with Crippen LogP contribution in [0.1, 0.15) is 54.9 Å². The number of hydrogen-bond acceptors (Lipinski definition) is 7. The standard InChI is InChI=1S/C29H44F2N4O7S/c1-17(33(8)27(38)42-29(5,6)7)25(36)32-24(28(2,3)4)26(37)34-13-12-22-23(34)18(15-35(22)43(9,39)40)16-41-19-10-11-20(30)21(31)14-19/h10-11,14,17-18,22-24H,12-13,15-16H2,1-9H3,(H,32,36).